The third-order valence-electron chi connectivity index (χ3n) is 3.63. The van der Waals surface area contributed by atoms with E-state index in [2.05, 4.69) is 13.8 Å². The molecule has 1 aliphatic heterocycles. The van der Waals surface area contributed by atoms with Crippen molar-refractivity contribution in [1.29, 1.82) is 0 Å². The number of carbonyl (C=O) groups is 1. The second-order valence-corrected chi connectivity index (χ2v) is 7.59. The maximum atomic E-state index is 11.9. The predicted molar refractivity (Wildman–Crippen MR) is 84.9 cm³/mol. The fourth-order valence-corrected chi connectivity index (χ4v) is 3.62. The molecule has 0 spiro atoms. The smallest absolute Gasteiger partial charge is 0.326 e. The molecule has 6 nitrogen and oxygen atoms in total. The molecule has 1 saturated heterocycles. The summed E-state index contributed by atoms with van der Waals surface area (Å²) in [5.41, 5.74) is 1.10. The lowest BCUT2D eigenvalue weighted by atomic mass is 10.0. The number of unbranched alkanes of at least 4 members (excludes halogenated alkanes) is 1. The Balaban J connectivity index is 2.12. The van der Waals surface area contributed by atoms with E-state index in [1.54, 1.807) is 12.1 Å². The molecule has 122 valence electrons. The fraction of sp³-hybridized carbons (Fsp3) is 0.533. The Morgan fingerprint density at radius 1 is 1.32 bits per heavy atom. The van der Waals surface area contributed by atoms with Gasteiger partial charge in [-0.15, -0.1) is 0 Å². The first kappa shape index (κ1) is 16.6. The van der Waals surface area contributed by atoms with Gasteiger partial charge in [0.2, 0.25) is 0 Å². The van der Waals surface area contributed by atoms with Gasteiger partial charge >= 0.3 is 10.2 Å². The van der Waals surface area contributed by atoms with Crippen LogP contribution in [-0.2, 0) is 21.4 Å². The minimum absolute atomic E-state index is 0.147. The van der Waals surface area contributed by atoms with Crippen molar-refractivity contribution in [3.63, 3.8) is 0 Å². The van der Waals surface area contributed by atoms with Crippen molar-refractivity contribution < 1.29 is 18.3 Å². The van der Waals surface area contributed by atoms with Crippen molar-refractivity contribution in [2.75, 3.05) is 10.8 Å². The topological polar surface area (TPSA) is 86.7 Å². The summed E-state index contributed by atoms with van der Waals surface area (Å²) in [6, 6.07) is 4.90. The maximum absolute atomic E-state index is 11.9. The fourth-order valence-electron chi connectivity index (χ4n) is 2.47. The molecule has 1 aromatic rings. The van der Waals surface area contributed by atoms with E-state index in [1.165, 1.54) is 6.07 Å². The summed E-state index contributed by atoms with van der Waals surface area (Å²) in [5.74, 6) is -0.0741. The van der Waals surface area contributed by atoms with Gasteiger partial charge in [0.25, 0.3) is 5.91 Å². The van der Waals surface area contributed by atoms with Crippen molar-refractivity contribution in [3.05, 3.63) is 23.8 Å². The lowest BCUT2D eigenvalue weighted by molar-refractivity contribution is -0.117. The molecule has 1 aliphatic rings. The van der Waals surface area contributed by atoms with E-state index in [0.29, 0.717) is 5.92 Å². The molecule has 1 amide bonds. The van der Waals surface area contributed by atoms with Crippen LogP contribution in [0.15, 0.2) is 18.2 Å². The third-order valence-corrected chi connectivity index (χ3v) is 5.02. The SMILES string of the molecule is CC(C)CCCCc1ccc(O)c(N2CC(=O)NS2(=O)=O)c1. The molecule has 0 radical (unpaired) electrons. The molecule has 1 fully saturated rings. The molecule has 2 N–H and O–H groups in total. The highest BCUT2D eigenvalue weighted by Gasteiger charge is 2.35. The Labute approximate surface area is 131 Å². The molecule has 1 aromatic carbocycles. The zero-order valence-electron chi connectivity index (χ0n) is 12.9. The van der Waals surface area contributed by atoms with Crippen molar-refractivity contribution in [2.24, 2.45) is 5.92 Å². The van der Waals surface area contributed by atoms with Crippen LogP contribution in [0.2, 0.25) is 0 Å². The summed E-state index contributed by atoms with van der Waals surface area (Å²) in [4.78, 5) is 11.3. The number of rotatable bonds is 6. The molecule has 1 heterocycles. The van der Waals surface area contributed by atoms with E-state index in [-0.39, 0.29) is 18.0 Å². The van der Waals surface area contributed by atoms with E-state index in [0.717, 1.165) is 35.6 Å². The lowest BCUT2D eigenvalue weighted by Gasteiger charge is -2.17. The number of hydrogen-bond acceptors (Lipinski definition) is 4. The van der Waals surface area contributed by atoms with Crippen LogP contribution in [0.25, 0.3) is 0 Å². The van der Waals surface area contributed by atoms with Gasteiger partial charge in [-0.3, -0.25) is 4.79 Å². The van der Waals surface area contributed by atoms with Crippen LogP contribution < -0.4 is 9.03 Å². The third kappa shape index (κ3) is 3.91. The van der Waals surface area contributed by atoms with Crippen LogP contribution in [0.3, 0.4) is 0 Å². The molecule has 22 heavy (non-hydrogen) atoms. The Morgan fingerprint density at radius 3 is 2.64 bits per heavy atom. The summed E-state index contributed by atoms with van der Waals surface area (Å²) in [7, 11) is -3.89. The second-order valence-electron chi connectivity index (χ2n) is 6.00. The number of benzene rings is 1. The zero-order chi connectivity index (χ0) is 16.3. The normalized spacial score (nSPS) is 17.0. The zero-order valence-corrected chi connectivity index (χ0v) is 13.7. The standard InChI is InChI=1S/C15H22N2O4S/c1-11(2)5-3-4-6-12-7-8-14(18)13(9-12)17-10-15(19)16-22(17,20)21/h7-9,11,18H,3-6,10H2,1-2H3,(H,16,19). The molecule has 0 bridgehead atoms. The number of carbonyl (C=O) groups excluding carboxylic acids is 1. The van der Waals surface area contributed by atoms with Crippen LogP contribution in [0.4, 0.5) is 5.69 Å². The van der Waals surface area contributed by atoms with Gasteiger partial charge in [-0.1, -0.05) is 32.8 Å². The first-order chi connectivity index (χ1) is 10.3. The number of nitrogens with zero attached hydrogens (tertiary/aromatic N) is 1. The van der Waals surface area contributed by atoms with Gasteiger partial charge < -0.3 is 5.11 Å². The van der Waals surface area contributed by atoms with Crippen molar-refractivity contribution in [2.45, 2.75) is 39.5 Å². The number of phenolic OH excluding ortho intramolecular Hbond substituents is 1. The second kappa shape index (κ2) is 6.56. The molecule has 0 aliphatic carbocycles. The van der Waals surface area contributed by atoms with E-state index in [1.807, 2.05) is 4.72 Å². The molecule has 0 atom stereocenters. The number of aryl methyl sites for hydroxylation is 1. The monoisotopic (exact) mass is 326 g/mol. The number of amides is 1. The van der Waals surface area contributed by atoms with Crippen LogP contribution in [0.5, 0.6) is 5.75 Å². The summed E-state index contributed by atoms with van der Waals surface area (Å²) in [5, 5.41) is 9.91. The highest BCUT2D eigenvalue weighted by Crippen LogP contribution is 2.31. The number of anilines is 1. The number of hydrogen-bond donors (Lipinski definition) is 2. The van der Waals surface area contributed by atoms with Gasteiger partial charge in [-0.05, 0) is 36.5 Å². The number of nitrogens with one attached hydrogen (secondary N) is 1. The summed E-state index contributed by atoms with van der Waals surface area (Å²) >= 11 is 0. The molecule has 2 rings (SSSR count). The summed E-state index contributed by atoms with van der Waals surface area (Å²) in [6.07, 6.45) is 4.08. The minimum Gasteiger partial charge on any atom is -0.506 e. The van der Waals surface area contributed by atoms with E-state index in [4.69, 9.17) is 0 Å². The van der Waals surface area contributed by atoms with Crippen molar-refractivity contribution in [1.82, 2.24) is 4.72 Å². The van der Waals surface area contributed by atoms with E-state index >= 15 is 0 Å². The van der Waals surface area contributed by atoms with Crippen LogP contribution in [-0.4, -0.2) is 26.0 Å². The molecule has 0 unspecified atom stereocenters. The van der Waals surface area contributed by atoms with Gasteiger partial charge in [0.05, 0.1) is 5.69 Å². The van der Waals surface area contributed by atoms with E-state index < -0.39 is 16.1 Å². The van der Waals surface area contributed by atoms with Gasteiger partial charge in [0.1, 0.15) is 12.3 Å². The molecule has 7 heteroatoms. The quantitative estimate of drug-likeness (QED) is 0.782. The Bertz CT molecular complexity index is 656. The maximum Gasteiger partial charge on any atom is 0.326 e. The highest BCUT2D eigenvalue weighted by atomic mass is 32.2. The Hall–Kier alpha value is -1.76. The average Bonchev–Trinajstić information content (AvgIpc) is 2.69. The van der Waals surface area contributed by atoms with Gasteiger partial charge in [-0.25, -0.2) is 9.03 Å². The van der Waals surface area contributed by atoms with Crippen LogP contribution in [0, 0.1) is 5.92 Å². The van der Waals surface area contributed by atoms with Gasteiger partial charge in [0.15, 0.2) is 0 Å². The van der Waals surface area contributed by atoms with Crippen molar-refractivity contribution >= 4 is 21.8 Å². The average molecular weight is 326 g/mol. The molecular formula is C15H22N2O4S. The van der Waals surface area contributed by atoms with Crippen LogP contribution >= 0.6 is 0 Å². The minimum atomic E-state index is -3.89. The van der Waals surface area contributed by atoms with Crippen molar-refractivity contribution in [3.8, 4) is 5.75 Å². The molecular weight excluding hydrogens is 304 g/mol. The molecule has 0 aromatic heterocycles. The molecule has 0 saturated carbocycles. The highest BCUT2D eigenvalue weighted by molar-refractivity contribution is 7.92. The Kier molecular flexibility index (Phi) is 4.95. The number of phenols is 1. The first-order valence-corrected chi connectivity index (χ1v) is 8.89. The number of aromatic hydroxyl groups is 1. The predicted octanol–water partition coefficient (Wildman–Crippen LogP) is 1.94. The van der Waals surface area contributed by atoms with Crippen LogP contribution in [0.1, 0.15) is 38.7 Å². The lowest BCUT2D eigenvalue weighted by Crippen LogP contribution is -2.29. The first-order valence-electron chi connectivity index (χ1n) is 7.45. The van der Waals surface area contributed by atoms with E-state index in [9.17, 15) is 18.3 Å². The largest absolute Gasteiger partial charge is 0.506 e. The van der Waals surface area contributed by atoms with Gasteiger partial charge in [0, 0.05) is 0 Å². The van der Waals surface area contributed by atoms with Gasteiger partial charge in [-0.2, -0.15) is 8.42 Å². The summed E-state index contributed by atoms with van der Waals surface area (Å²) in [6.45, 7) is 4.06. The summed E-state index contributed by atoms with van der Waals surface area (Å²) < 4.78 is 26.5. The Morgan fingerprint density at radius 2 is 2.05 bits per heavy atom.